The van der Waals surface area contributed by atoms with Crippen molar-refractivity contribution < 1.29 is 13.6 Å². The third kappa shape index (κ3) is 3.88. The van der Waals surface area contributed by atoms with E-state index in [1.165, 1.54) is 4.57 Å². The molecule has 3 heterocycles. The summed E-state index contributed by atoms with van der Waals surface area (Å²) in [4.78, 5) is 34.3. The van der Waals surface area contributed by atoms with E-state index in [1.807, 2.05) is 4.90 Å². The van der Waals surface area contributed by atoms with Crippen LogP contribution in [0.25, 0.3) is 11.1 Å². The van der Waals surface area contributed by atoms with Gasteiger partial charge in [-0.15, -0.1) is 0 Å². The molecule has 0 spiro atoms. The number of fused-ring (bicyclic) bond motifs is 1. The van der Waals surface area contributed by atoms with Gasteiger partial charge in [0.25, 0.3) is 0 Å². The van der Waals surface area contributed by atoms with Crippen molar-refractivity contribution in [1.29, 1.82) is 0 Å². The zero-order valence-corrected chi connectivity index (χ0v) is 15.2. The highest BCUT2D eigenvalue weighted by molar-refractivity contribution is 5.79. The van der Waals surface area contributed by atoms with Gasteiger partial charge in [0.2, 0.25) is 11.9 Å². The molecule has 28 heavy (non-hydrogen) atoms. The lowest BCUT2D eigenvalue weighted by atomic mass is 9.97. The number of oxazole rings is 1. The van der Waals surface area contributed by atoms with Gasteiger partial charge in [0.1, 0.15) is 6.54 Å². The van der Waals surface area contributed by atoms with Crippen molar-refractivity contribution in [1.82, 2.24) is 19.9 Å². The highest BCUT2D eigenvalue weighted by Crippen LogP contribution is 2.20. The fourth-order valence-electron chi connectivity index (χ4n) is 3.43. The number of para-hydroxylation sites is 2. The number of aromatic nitrogens is 3. The minimum Gasteiger partial charge on any atom is -0.408 e. The fourth-order valence-corrected chi connectivity index (χ4v) is 3.43. The second kappa shape index (κ2) is 7.79. The molecule has 1 aromatic carbocycles. The minimum atomic E-state index is -0.538. The van der Waals surface area contributed by atoms with Gasteiger partial charge in [-0.2, -0.15) is 0 Å². The van der Waals surface area contributed by atoms with Gasteiger partial charge in [0.15, 0.2) is 11.4 Å². The number of hydrogen-bond acceptors (Lipinski definition) is 6. The van der Waals surface area contributed by atoms with Crippen LogP contribution in [0.2, 0.25) is 0 Å². The summed E-state index contributed by atoms with van der Waals surface area (Å²) in [5, 5.41) is 2.90. The maximum absolute atomic E-state index is 12.9. The van der Waals surface area contributed by atoms with E-state index in [-0.39, 0.29) is 12.5 Å². The number of anilines is 1. The first-order valence-electron chi connectivity index (χ1n) is 9.18. The number of amides is 1. The number of carbonyl (C=O) groups excluding carboxylic acids is 1. The summed E-state index contributed by atoms with van der Waals surface area (Å²) in [6.07, 6.45) is 4.07. The first-order chi connectivity index (χ1) is 13.6. The molecule has 4 rings (SSSR count). The molecular formula is C19H20FN5O3. The topological polar surface area (TPSA) is 93.3 Å². The fraction of sp³-hybridized carbons (Fsp3) is 0.368. The summed E-state index contributed by atoms with van der Waals surface area (Å²) in [5.41, 5.74) is 1.07. The van der Waals surface area contributed by atoms with Crippen LogP contribution in [0.1, 0.15) is 12.8 Å². The van der Waals surface area contributed by atoms with Crippen LogP contribution in [0, 0.1) is 11.7 Å². The maximum atomic E-state index is 12.9. The predicted octanol–water partition coefficient (Wildman–Crippen LogP) is 1.56. The van der Waals surface area contributed by atoms with Gasteiger partial charge in [0.05, 0.1) is 17.9 Å². The number of piperidine rings is 1. The van der Waals surface area contributed by atoms with Gasteiger partial charge in [-0.1, -0.05) is 12.1 Å². The first kappa shape index (κ1) is 18.1. The molecule has 0 saturated carbocycles. The van der Waals surface area contributed by atoms with Crippen LogP contribution < -0.4 is 16.0 Å². The molecule has 1 N–H and O–H groups in total. The Labute approximate surface area is 160 Å². The minimum absolute atomic E-state index is 0.0713. The molecule has 1 aliphatic heterocycles. The van der Waals surface area contributed by atoms with Crippen LogP contribution in [-0.4, -0.2) is 40.1 Å². The molecule has 1 saturated heterocycles. The number of carbonyl (C=O) groups is 1. The van der Waals surface area contributed by atoms with Gasteiger partial charge < -0.3 is 14.6 Å². The maximum Gasteiger partial charge on any atom is 0.420 e. The molecule has 1 aliphatic rings. The Bertz CT molecular complexity index is 1020. The van der Waals surface area contributed by atoms with Gasteiger partial charge in [0, 0.05) is 19.6 Å². The van der Waals surface area contributed by atoms with Crippen LogP contribution in [0.4, 0.5) is 10.3 Å². The Morgan fingerprint density at radius 2 is 1.93 bits per heavy atom. The van der Waals surface area contributed by atoms with E-state index < -0.39 is 11.6 Å². The van der Waals surface area contributed by atoms with E-state index in [9.17, 15) is 14.0 Å². The molecule has 146 valence electrons. The van der Waals surface area contributed by atoms with Crippen molar-refractivity contribution >= 4 is 23.0 Å². The van der Waals surface area contributed by atoms with Gasteiger partial charge >= 0.3 is 5.76 Å². The lowest BCUT2D eigenvalue weighted by Gasteiger charge is -2.31. The summed E-state index contributed by atoms with van der Waals surface area (Å²) in [5.74, 6) is -0.360. The van der Waals surface area contributed by atoms with Crippen LogP contribution in [0.15, 0.2) is 45.9 Å². The van der Waals surface area contributed by atoms with Gasteiger partial charge in [-0.25, -0.2) is 19.2 Å². The molecule has 1 fully saturated rings. The monoisotopic (exact) mass is 385 g/mol. The Balaban J connectivity index is 1.28. The van der Waals surface area contributed by atoms with Crippen molar-refractivity contribution in [2.24, 2.45) is 5.92 Å². The summed E-state index contributed by atoms with van der Waals surface area (Å²) in [6.45, 7) is 1.97. The summed E-state index contributed by atoms with van der Waals surface area (Å²) in [6, 6.07) is 7.02. The summed E-state index contributed by atoms with van der Waals surface area (Å²) >= 11 is 0. The number of rotatable bonds is 5. The Morgan fingerprint density at radius 1 is 1.21 bits per heavy atom. The number of nitrogens with one attached hydrogen (secondary N) is 1. The van der Waals surface area contributed by atoms with Crippen LogP contribution in [0.3, 0.4) is 0 Å². The molecule has 0 unspecified atom stereocenters. The van der Waals surface area contributed by atoms with E-state index in [0.29, 0.717) is 29.5 Å². The molecular weight excluding hydrogens is 365 g/mol. The number of benzene rings is 1. The third-order valence-electron chi connectivity index (χ3n) is 4.97. The van der Waals surface area contributed by atoms with Gasteiger partial charge in [-0.05, 0) is 30.9 Å². The average molecular weight is 385 g/mol. The lowest BCUT2D eigenvalue weighted by Crippen LogP contribution is -2.40. The van der Waals surface area contributed by atoms with E-state index in [1.54, 1.807) is 24.3 Å². The molecule has 0 aliphatic carbocycles. The SMILES string of the molecule is O=C(Cn1c(=O)oc2ccccc21)NCC1CCN(c2ncc(F)cn2)CC1. The number of halogens is 1. The summed E-state index contributed by atoms with van der Waals surface area (Å²) in [7, 11) is 0. The zero-order chi connectivity index (χ0) is 19.5. The Morgan fingerprint density at radius 3 is 2.68 bits per heavy atom. The molecule has 0 radical (unpaired) electrons. The van der Waals surface area contributed by atoms with E-state index in [4.69, 9.17) is 4.42 Å². The predicted molar refractivity (Wildman–Crippen MR) is 100 cm³/mol. The number of nitrogens with zero attached hydrogens (tertiary/aromatic N) is 4. The Hall–Kier alpha value is -3.23. The van der Waals surface area contributed by atoms with Crippen LogP contribution >= 0.6 is 0 Å². The normalized spacial score (nSPS) is 15.1. The highest BCUT2D eigenvalue weighted by Gasteiger charge is 2.22. The quantitative estimate of drug-likeness (QED) is 0.716. The zero-order valence-electron chi connectivity index (χ0n) is 15.2. The second-order valence-corrected chi connectivity index (χ2v) is 6.86. The third-order valence-corrected chi connectivity index (χ3v) is 4.97. The average Bonchev–Trinajstić information content (AvgIpc) is 3.03. The van der Waals surface area contributed by atoms with Crippen LogP contribution in [-0.2, 0) is 11.3 Å². The second-order valence-electron chi connectivity index (χ2n) is 6.86. The molecule has 2 aromatic heterocycles. The standard InChI is InChI=1S/C19H20FN5O3/c20-14-10-22-18(23-11-14)24-7-5-13(6-8-24)9-21-17(26)12-25-15-3-1-2-4-16(15)28-19(25)27/h1-4,10-11,13H,5-9,12H2,(H,21,26). The molecule has 0 atom stereocenters. The lowest BCUT2D eigenvalue weighted by molar-refractivity contribution is -0.121. The van der Waals surface area contributed by atoms with Crippen molar-refractivity contribution in [2.45, 2.75) is 19.4 Å². The molecule has 8 nitrogen and oxygen atoms in total. The van der Waals surface area contributed by atoms with E-state index >= 15 is 0 Å². The highest BCUT2D eigenvalue weighted by atomic mass is 19.1. The largest absolute Gasteiger partial charge is 0.420 e. The van der Waals surface area contributed by atoms with Crippen molar-refractivity contribution in [2.75, 3.05) is 24.5 Å². The number of hydrogen-bond donors (Lipinski definition) is 1. The smallest absolute Gasteiger partial charge is 0.408 e. The van der Waals surface area contributed by atoms with Gasteiger partial charge in [-0.3, -0.25) is 9.36 Å². The first-order valence-corrected chi connectivity index (χ1v) is 9.18. The van der Waals surface area contributed by atoms with Crippen LogP contribution in [0.5, 0.6) is 0 Å². The van der Waals surface area contributed by atoms with E-state index in [2.05, 4.69) is 15.3 Å². The van der Waals surface area contributed by atoms with Crippen molar-refractivity contribution in [3.05, 3.63) is 53.0 Å². The summed E-state index contributed by atoms with van der Waals surface area (Å²) < 4.78 is 19.4. The van der Waals surface area contributed by atoms with Crippen molar-refractivity contribution in [3.8, 4) is 0 Å². The molecule has 1 amide bonds. The van der Waals surface area contributed by atoms with Crippen molar-refractivity contribution in [3.63, 3.8) is 0 Å². The molecule has 3 aromatic rings. The molecule has 9 heteroatoms. The Kier molecular flexibility index (Phi) is 5.05. The molecule has 0 bridgehead atoms. The van der Waals surface area contributed by atoms with E-state index in [0.717, 1.165) is 38.3 Å².